The van der Waals surface area contributed by atoms with Crippen molar-refractivity contribution in [3.63, 3.8) is 0 Å². The summed E-state index contributed by atoms with van der Waals surface area (Å²) in [5.74, 6) is -7.62. The third-order valence-corrected chi connectivity index (χ3v) is 9.65. The summed E-state index contributed by atoms with van der Waals surface area (Å²) in [6, 6.07) is 9.45. The van der Waals surface area contributed by atoms with Crippen LogP contribution in [0.1, 0.15) is 48.3 Å². The smallest absolute Gasteiger partial charge is 0.417 e. The van der Waals surface area contributed by atoms with Crippen LogP contribution in [0.2, 0.25) is 5.02 Å². The second-order valence-electron chi connectivity index (χ2n) is 14.0. The van der Waals surface area contributed by atoms with E-state index < -0.39 is 72.7 Å². The first-order valence-electron chi connectivity index (χ1n) is 17.4. The number of hydrogen-bond donors (Lipinski definition) is 1. The minimum absolute atomic E-state index is 0.0117. The van der Waals surface area contributed by atoms with Gasteiger partial charge in [0.25, 0.3) is 17.8 Å². The quantitative estimate of drug-likeness (QED) is 0.177. The van der Waals surface area contributed by atoms with E-state index in [2.05, 4.69) is 20.4 Å². The maximum Gasteiger partial charge on any atom is 0.417 e. The van der Waals surface area contributed by atoms with E-state index >= 15 is 0 Å². The number of carbonyl (C=O) groups excluding carboxylic acids is 1. The second kappa shape index (κ2) is 17.1. The molecule has 0 bridgehead atoms. The maximum absolute atomic E-state index is 14.6. The largest absolute Gasteiger partial charge is 0.476 e. The molecule has 1 aromatic carbocycles. The van der Waals surface area contributed by atoms with Gasteiger partial charge in [0, 0.05) is 67.2 Å². The lowest BCUT2D eigenvalue weighted by atomic mass is 9.88. The van der Waals surface area contributed by atoms with E-state index in [-0.39, 0.29) is 49.0 Å². The molecule has 0 aliphatic carbocycles. The van der Waals surface area contributed by atoms with E-state index in [9.17, 15) is 48.7 Å². The van der Waals surface area contributed by atoms with Crippen molar-refractivity contribution < 1.29 is 58.2 Å². The Morgan fingerprint density at radius 2 is 1.37 bits per heavy atom. The number of pyridine rings is 2. The average Bonchev–Trinajstić information content (AvgIpc) is 3.51. The molecule has 2 aliphatic rings. The summed E-state index contributed by atoms with van der Waals surface area (Å²) in [6.07, 6.45) is -6.80. The normalized spacial score (nSPS) is 22.0. The number of alkyl halides is 10. The fraction of sp³-hybridized carbons (Fsp3) is 0.459. The highest BCUT2D eigenvalue weighted by Gasteiger charge is 2.47. The number of aryl methyl sites for hydroxylation is 1. The van der Waals surface area contributed by atoms with E-state index in [4.69, 9.17) is 21.1 Å². The van der Waals surface area contributed by atoms with Gasteiger partial charge in [0.1, 0.15) is 13.2 Å². The highest BCUT2D eigenvalue weighted by Crippen LogP contribution is 2.37. The molecule has 2 saturated heterocycles. The van der Waals surface area contributed by atoms with Crippen LogP contribution < -0.4 is 14.8 Å². The Morgan fingerprint density at radius 1 is 0.825 bits per heavy atom. The van der Waals surface area contributed by atoms with Crippen LogP contribution in [0.25, 0.3) is 11.1 Å². The van der Waals surface area contributed by atoms with Crippen molar-refractivity contribution in [2.45, 2.75) is 63.0 Å². The van der Waals surface area contributed by atoms with Crippen LogP contribution in [0.4, 0.5) is 43.9 Å². The van der Waals surface area contributed by atoms with Crippen LogP contribution >= 0.6 is 11.6 Å². The number of nitrogens with zero attached hydrogens (tertiary/aromatic N) is 5. The first-order chi connectivity index (χ1) is 26.5. The van der Waals surface area contributed by atoms with Gasteiger partial charge in [-0.25, -0.2) is 27.5 Å². The number of hydrogen-bond acceptors (Lipinski definition) is 7. The Kier molecular flexibility index (Phi) is 13.0. The van der Waals surface area contributed by atoms with Crippen molar-refractivity contribution in [1.29, 1.82) is 0 Å². The van der Waals surface area contributed by atoms with Gasteiger partial charge in [0.2, 0.25) is 11.8 Å². The molecule has 0 unspecified atom stereocenters. The molecular formula is C37H37ClF10N6O3. The molecule has 6 rings (SSSR count). The Balaban J connectivity index is 0.000000251. The lowest BCUT2D eigenvalue weighted by molar-refractivity contribution is -0.138. The van der Waals surface area contributed by atoms with Crippen LogP contribution in [0.15, 0.2) is 67.1 Å². The number of carbonyl (C=O) groups is 1. The number of likely N-dealkylation sites (tertiary alicyclic amines) is 1. The summed E-state index contributed by atoms with van der Waals surface area (Å²) in [7, 11) is 1.61. The highest BCUT2D eigenvalue weighted by atomic mass is 35.5. The summed E-state index contributed by atoms with van der Waals surface area (Å²) in [5.41, 5.74) is -0.734. The lowest BCUT2D eigenvalue weighted by Gasteiger charge is -2.42. The fourth-order valence-corrected chi connectivity index (χ4v) is 6.57. The van der Waals surface area contributed by atoms with Crippen molar-refractivity contribution in [3.8, 4) is 22.9 Å². The molecular weight excluding hydrogens is 802 g/mol. The van der Waals surface area contributed by atoms with Crippen LogP contribution in [-0.4, -0.2) is 80.8 Å². The molecule has 5 heterocycles. The summed E-state index contributed by atoms with van der Waals surface area (Å²) in [5, 5.41) is 7.41. The third kappa shape index (κ3) is 11.5. The number of benzene rings is 1. The molecule has 0 spiro atoms. The number of piperidine rings is 2. The maximum atomic E-state index is 14.6. The molecule has 2 aliphatic heterocycles. The van der Waals surface area contributed by atoms with E-state index in [1.54, 1.807) is 51.4 Å². The molecule has 1 N–H and O–H groups in total. The molecule has 1 amide bonds. The number of nitrogens with one attached hydrogen (secondary N) is 1. The van der Waals surface area contributed by atoms with Crippen molar-refractivity contribution in [2.24, 2.45) is 18.9 Å². The van der Waals surface area contributed by atoms with Gasteiger partial charge in [0.15, 0.2) is 5.69 Å². The molecule has 57 heavy (non-hydrogen) atoms. The van der Waals surface area contributed by atoms with Gasteiger partial charge in [-0.2, -0.15) is 31.4 Å². The van der Waals surface area contributed by atoms with Crippen molar-refractivity contribution in [1.82, 2.24) is 30.0 Å². The van der Waals surface area contributed by atoms with Crippen LogP contribution in [0.5, 0.6) is 11.8 Å². The number of aromatic nitrogens is 4. The first kappa shape index (κ1) is 43.5. The first-order valence-corrected chi connectivity index (χ1v) is 17.8. The molecule has 4 aromatic rings. The lowest BCUT2D eigenvalue weighted by Crippen LogP contribution is -2.57. The molecule has 2 fully saturated rings. The SMILES string of the molecule is C[C@@H]1CC(F)(F)CN(C(=O)c2nn(C)cc2-c2ccc(Cl)cc2)[C@@H]1COc1ccc(C(F)(F)F)cn1.C[C@@H]1CC(F)(F)CN[C@@H]1COc1ccc(C(F)(F)F)cn1. The number of ether oxygens (including phenoxy) is 2. The van der Waals surface area contributed by atoms with E-state index in [1.807, 2.05) is 0 Å². The Bertz CT molecular complexity index is 1960. The Morgan fingerprint density at radius 3 is 1.88 bits per heavy atom. The summed E-state index contributed by atoms with van der Waals surface area (Å²) >= 11 is 5.96. The zero-order chi connectivity index (χ0) is 41.9. The van der Waals surface area contributed by atoms with Gasteiger partial charge in [-0.3, -0.25) is 9.48 Å². The van der Waals surface area contributed by atoms with Crippen LogP contribution in [0.3, 0.4) is 0 Å². The Hall–Kier alpha value is -4.65. The van der Waals surface area contributed by atoms with Crippen molar-refractivity contribution >= 4 is 17.5 Å². The number of rotatable bonds is 8. The predicted molar refractivity (Wildman–Crippen MR) is 187 cm³/mol. The van der Waals surface area contributed by atoms with E-state index in [0.717, 1.165) is 29.2 Å². The molecule has 9 nitrogen and oxygen atoms in total. The van der Waals surface area contributed by atoms with Gasteiger partial charge < -0.3 is 19.7 Å². The minimum atomic E-state index is -4.55. The van der Waals surface area contributed by atoms with Gasteiger partial charge in [-0.15, -0.1) is 0 Å². The van der Waals surface area contributed by atoms with E-state index in [1.165, 1.54) is 4.68 Å². The minimum Gasteiger partial charge on any atom is -0.476 e. The highest BCUT2D eigenvalue weighted by molar-refractivity contribution is 6.30. The standard InChI is InChI=1S/C24H22ClF5N4O2.C13H15F5N2O/c1-14-9-23(26,27)13-34(19(14)12-36-20-8-5-16(10-31-20)24(28,29)30)22(35)21-18(11-33(2)32-21)15-3-6-17(25)7-4-15;1-8-4-12(14,15)7-20-10(8)6-21-11-3-2-9(5-19-11)13(16,17)18/h3-8,10-11,14,19H,9,12-13H2,1-2H3;2-3,5,8,10,20H,4,6-7H2,1H3/t14-,19-;8-,10-/m11/s1. The van der Waals surface area contributed by atoms with E-state index in [0.29, 0.717) is 28.5 Å². The Labute approximate surface area is 325 Å². The molecule has 0 radical (unpaired) electrons. The molecule has 0 saturated carbocycles. The predicted octanol–water partition coefficient (Wildman–Crippen LogP) is 8.83. The summed E-state index contributed by atoms with van der Waals surface area (Å²) < 4.78 is 143. The molecule has 310 valence electrons. The number of halogens is 11. The van der Waals surface area contributed by atoms with Crippen molar-refractivity contribution in [2.75, 3.05) is 26.3 Å². The monoisotopic (exact) mass is 838 g/mol. The summed E-state index contributed by atoms with van der Waals surface area (Å²) in [6.45, 7) is 1.82. The van der Waals surface area contributed by atoms with Gasteiger partial charge >= 0.3 is 12.4 Å². The zero-order valence-corrected chi connectivity index (χ0v) is 31.3. The average molecular weight is 839 g/mol. The molecule has 3 aromatic heterocycles. The van der Waals surface area contributed by atoms with Crippen LogP contribution in [0, 0.1) is 11.8 Å². The van der Waals surface area contributed by atoms with Gasteiger partial charge in [-0.05, 0) is 41.7 Å². The summed E-state index contributed by atoms with van der Waals surface area (Å²) in [4.78, 5) is 21.8. The third-order valence-electron chi connectivity index (χ3n) is 9.40. The van der Waals surface area contributed by atoms with Crippen molar-refractivity contribution in [3.05, 3.63) is 89.0 Å². The number of amides is 1. The zero-order valence-electron chi connectivity index (χ0n) is 30.5. The molecule has 4 atom stereocenters. The fourth-order valence-electron chi connectivity index (χ4n) is 6.45. The molecule has 20 heteroatoms. The van der Waals surface area contributed by atoms with Crippen LogP contribution in [-0.2, 0) is 19.4 Å². The van der Waals surface area contributed by atoms with Gasteiger partial charge in [-0.1, -0.05) is 37.6 Å². The van der Waals surface area contributed by atoms with Gasteiger partial charge in [0.05, 0.1) is 30.3 Å². The second-order valence-corrected chi connectivity index (χ2v) is 14.5. The topological polar surface area (TPSA) is 94.4 Å².